The van der Waals surface area contributed by atoms with Gasteiger partial charge in [0.25, 0.3) is 5.91 Å². The van der Waals surface area contributed by atoms with E-state index in [9.17, 15) is 9.59 Å². The highest BCUT2D eigenvalue weighted by Crippen LogP contribution is 2.29. The van der Waals surface area contributed by atoms with E-state index in [4.69, 9.17) is 4.74 Å². The lowest BCUT2D eigenvalue weighted by atomic mass is 10.1. The molecule has 0 atom stereocenters. The van der Waals surface area contributed by atoms with E-state index in [1.54, 1.807) is 11.0 Å². The summed E-state index contributed by atoms with van der Waals surface area (Å²) in [4.78, 5) is 26.1. The molecule has 1 heterocycles. The third kappa shape index (κ3) is 3.65. The normalized spacial score (nSPS) is 12.9. The number of ether oxygens (including phenoxy) is 1. The molecule has 5 nitrogen and oxygen atoms in total. The van der Waals surface area contributed by atoms with Gasteiger partial charge in [-0.2, -0.15) is 0 Å². The molecule has 1 N–H and O–H groups in total. The minimum atomic E-state index is -0.146. The average Bonchev–Trinajstić information content (AvgIpc) is 2.94. The summed E-state index contributed by atoms with van der Waals surface area (Å²) in [7, 11) is 0. The summed E-state index contributed by atoms with van der Waals surface area (Å²) in [6.07, 6.45) is 0.362. The SMILES string of the molecule is CCOc1cccc(CNC(=O)c2ccc3c(c2)CC(=O)N3CC)c1. The number of carbonyl (C=O) groups is 2. The standard InChI is InChI=1S/C20H22N2O3/c1-3-22-18-9-8-15(11-16(18)12-19(22)23)20(24)21-13-14-6-5-7-17(10-14)25-4-2/h5-11H,3-4,12-13H2,1-2H3,(H,21,24). The number of hydrogen-bond acceptors (Lipinski definition) is 3. The van der Waals surface area contributed by atoms with Gasteiger partial charge in [0.15, 0.2) is 0 Å². The summed E-state index contributed by atoms with van der Waals surface area (Å²) in [6.45, 7) is 5.57. The van der Waals surface area contributed by atoms with Gasteiger partial charge in [-0.05, 0) is 55.3 Å². The van der Waals surface area contributed by atoms with Gasteiger partial charge in [-0.15, -0.1) is 0 Å². The van der Waals surface area contributed by atoms with E-state index < -0.39 is 0 Å². The molecule has 0 aromatic heterocycles. The van der Waals surface area contributed by atoms with E-state index in [1.165, 1.54) is 0 Å². The fourth-order valence-electron chi connectivity index (χ4n) is 3.07. The second-order valence-corrected chi connectivity index (χ2v) is 5.92. The zero-order chi connectivity index (χ0) is 17.8. The summed E-state index contributed by atoms with van der Waals surface area (Å²) >= 11 is 0. The molecule has 0 aliphatic carbocycles. The largest absolute Gasteiger partial charge is 0.494 e. The van der Waals surface area contributed by atoms with Crippen molar-refractivity contribution in [3.05, 3.63) is 59.2 Å². The van der Waals surface area contributed by atoms with E-state index in [2.05, 4.69) is 5.32 Å². The van der Waals surface area contributed by atoms with Gasteiger partial charge in [-0.25, -0.2) is 0 Å². The summed E-state index contributed by atoms with van der Waals surface area (Å²) in [5, 5.41) is 2.92. The quantitative estimate of drug-likeness (QED) is 0.881. The second-order valence-electron chi connectivity index (χ2n) is 5.92. The maximum Gasteiger partial charge on any atom is 0.251 e. The van der Waals surface area contributed by atoms with Crippen LogP contribution in [0.4, 0.5) is 5.69 Å². The van der Waals surface area contributed by atoms with E-state index >= 15 is 0 Å². The third-order valence-electron chi connectivity index (χ3n) is 4.25. The first-order valence-electron chi connectivity index (χ1n) is 8.55. The Morgan fingerprint density at radius 1 is 1.20 bits per heavy atom. The summed E-state index contributed by atoms with van der Waals surface area (Å²) in [5.41, 5.74) is 3.38. The molecule has 1 aliphatic rings. The highest BCUT2D eigenvalue weighted by atomic mass is 16.5. The summed E-state index contributed by atoms with van der Waals surface area (Å²) < 4.78 is 5.47. The van der Waals surface area contributed by atoms with Crippen molar-refractivity contribution in [2.75, 3.05) is 18.1 Å². The number of nitrogens with zero attached hydrogens (tertiary/aromatic N) is 1. The highest BCUT2D eigenvalue weighted by Gasteiger charge is 2.26. The molecule has 25 heavy (non-hydrogen) atoms. The number of nitrogens with one attached hydrogen (secondary N) is 1. The van der Waals surface area contributed by atoms with E-state index in [-0.39, 0.29) is 11.8 Å². The molecule has 5 heteroatoms. The van der Waals surface area contributed by atoms with E-state index in [0.29, 0.717) is 31.7 Å². The number of hydrogen-bond donors (Lipinski definition) is 1. The van der Waals surface area contributed by atoms with Crippen molar-refractivity contribution in [1.29, 1.82) is 0 Å². The third-order valence-corrected chi connectivity index (χ3v) is 4.25. The lowest BCUT2D eigenvalue weighted by molar-refractivity contribution is -0.117. The maximum atomic E-state index is 12.4. The van der Waals surface area contributed by atoms with Crippen LogP contribution in [0.1, 0.15) is 35.3 Å². The van der Waals surface area contributed by atoms with Crippen LogP contribution in [0.5, 0.6) is 5.75 Å². The Bertz CT molecular complexity index is 801. The van der Waals surface area contributed by atoms with Crippen LogP contribution in [0, 0.1) is 0 Å². The molecule has 0 saturated heterocycles. The molecule has 3 rings (SSSR count). The van der Waals surface area contributed by atoms with Crippen LogP contribution in [-0.2, 0) is 17.8 Å². The Balaban J connectivity index is 1.67. The first-order valence-corrected chi connectivity index (χ1v) is 8.55. The van der Waals surface area contributed by atoms with Crippen molar-refractivity contribution in [2.45, 2.75) is 26.8 Å². The van der Waals surface area contributed by atoms with Crippen LogP contribution in [0.2, 0.25) is 0 Å². The Hall–Kier alpha value is -2.82. The molecule has 2 aromatic carbocycles. The second kappa shape index (κ2) is 7.38. The van der Waals surface area contributed by atoms with Crippen molar-refractivity contribution < 1.29 is 14.3 Å². The van der Waals surface area contributed by atoms with E-state index in [0.717, 1.165) is 22.6 Å². The van der Waals surface area contributed by atoms with Gasteiger partial charge in [0.2, 0.25) is 5.91 Å². The predicted molar refractivity (Wildman–Crippen MR) is 97.0 cm³/mol. The molecule has 0 unspecified atom stereocenters. The molecule has 0 fully saturated rings. The lowest BCUT2D eigenvalue weighted by Gasteiger charge is -2.14. The molecule has 0 bridgehead atoms. The van der Waals surface area contributed by atoms with Gasteiger partial charge in [0, 0.05) is 24.3 Å². The molecule has 1 aliphatic heterocycles. The molecule has 130 valence electrons. The maximum absolute atomic E-state index is 12.4. The molecule has 2 aromatic rings. The number of carbonyl (C=O) groups excluding carboxylic acids is 2. The predicted octanol–water partition coefficient (Wildman–Crippen LogP) is 2.92. The van der Waals surface area contributed by atoms with Gasteiger partial charge in [-0.1, -0.05) is 12.1 Å². The summed E-state index contributed by atoms with van der Waals surface area (Å²) in [6, 6.07) is 13.1. The Morgan fingerprint density at radius 2 is 2.04 bits per heavy atom. The Labute approximate surface area is 147 Å². The molecule has 0 radical (unpaired) electrons. The van der Waals surface area contributed by atoms with Gasteiger partial charge in [0.1, 0.15) is 5.75 Å². The topological polar surface area (TPSA) is 58.6 Å². The summed E-state index contributed by atoms with van der Waals surface area (Å²) in [5.74, 6) is 0.736. The number of anilines is 1. The zero-order valence-corrected chi connectivity index (χ0v) is 14.5. The first kappa shape index (κ1) is 17.0. The number of amides is 2. The minimum Gasteiger partial charge on any atom is -0.494 e. The van der Waals surface area contributed by atoms with Gasteiger partial charge >= 0.3 is 0 Å². The molecule has 0 spiro atoms. The Kier molecular flexibility index (Phi) is 5.03. The van der Waals surface area contributed by atoms with Gasteiger partial charge in [-0.3, -0.25) is 9.59 Å². The Morgan fingerprint density at radius 3 is 2.80 bits per heavy atom. The fraction of sp³-hybridized carbons (Fsp3) is 0.300. The number of rotatable bonds is 6. The van der Waals surface area contributed by atoms with Crippen LogP contribution >= 0.6 is 0 Å². The monoisotopic (exact) mass is 338 g/mol. The highest BCUT2D eigenvalue weighted by molar-refractivity contribution is 6.03. The molecular weight excluding hydrogens is 316 g/mol. The van der Waals surface area contributed by atoms with Crippen molar-refractivity contribution in [3.63, 3.8) is 0 Å². The van der Waals surface area contributed by atoms with Gasteiger partial charge in [0.05, 0.1) is 13.0 Å². The smallest absolute Gasteiger partial charge is 0.251 e. The van der Waals surface area contributed by atoms with Crippen molar-refractivity contribution in [1.82, 2.24) is 5.32 Å². The molecule has 2 amide bonds. The zero-order valence-electron chi connectivity index (χ0n) is 14.5. The van der Waals surface area contributed by atoms with Crippen molar-refractivity contribution in [2.24, 2.45) is 0 Å². The van der Waals surface area contributed by atoms with Crippen LogP contribution < -0.4 is 15.0 Å². The molecular formula is C20H22N2O3. The molecule has 0 saturated carbocycles. The van der Waals surface area contributed by atoms with Crippen LogP contribution in [0.25, 0.3) is 0 Å². The number of likely N-dealkylation sites (N-methyl/N-ethyl adjacent to an activating group) is 1. The van der Waals surface area contributed by atoms with E-state index in [1.807, 2.05) is 50.2 Å². The lowest BCUT2D eigenvalue weighted by Crippen LogP contribution is -2.25. The fourth-order valence-corrected chi connectivity index (χ4v) is 3.07. The average molecular weight is 338 g/mol. The first-order chi connectivity index (χ1) is 12.1. The van der Waals surface area contributed by atoms with Crippen molar-refractivity contribution >= 4 is 17.5 Å². The van der Waals surface area contributed by atoms with Crippen LogP contribution in [0.3, 0.4) is 0 Å². The van der Waals surface area contributed by atoms with Crippen LogP contribution in [0.15, 0.2) is 42.5 Å². The van der Waals surface area contributed by atoms with Gasteiger partial charge < -0.3 is 15.0 Å². The number of fused-ring (bicyclic) bond motifs is 1. The minimum absolute atomic E-state index is 0.0859. The van der Waals surface area contributed by atoms with Crippen LogP contribution in [-0.4, -0.2) is 25.0 Å². The number of benzene rings is 2. The van der Waals surface area contributed by atoms with Crippen molar-refractivity contribution in [3.8, 4) is 5.75 Å².